The third kappa shape index (κ3) is 0.698. The second-order valence-electron chi connectivity index (χ2n) is 3.83. The summed E-state index contributed by atoms with van der Waals surface area (Å²) in [5, 5.41) is 9.38. The van der Waals surface area contributed by atoms with E-state index in [1.165, 1.54) is 0 Å². The van der Waals surface area contributed by atoms with Crippen LogP contribution in [0.25, 0.3) is 0 Å². The van der Waals surface area contributed by atoms with Crippen LogP contribution in [-0.2, 0) is 14.3 Å². The lowest BCUT2D eigenvalue weighted by molar-refractivity contribution is -0.175. The highest BCUT2D eigenvalue weighted by Gasteiger charge is 2.62. The summed E-state index contributed by atoms with van der Waals surface area (Å²) >= 11 is 0. The summed E-state index contributed by atoms with van der Waals surface area (Å²) in [4.78, 5) is 22.7. The van der Waals surface area contributed by atoms with Crippen molar-refractivity contribution in [2.45, 2.75) is 25.0 Å². The minimum absolute atomic E-state index is 0.136. The summed E-state index contributed by atoms with van der Waals surface area (Å²) in [5.74, 6) is -1.78. The first-order chi connectivity index (χ1) is 6.20. The highest BCUT2D eigenvalue weighted by atomic mass is 16.5. The predicted molar refractivity (Wildman–Crippen MR) is 38.5 cm³/mol. The largest absolute Gasteiger partial charge is 0.373 e. The van der Waals surface area contributed by atoms with Gasteiger partial charge in [0.15, 0.2) is 0 Å². The van der Waals surface area contributed by atoms with Crippen LogP contribution in [0.2, 0.25) is 0 Å². The van der Waals surface area contributed by atoms with Crippen LogP contribution in [0.5, 0.6) is 0 Å². The van der Waals surface area contributed by atoms with Crippen molar-refractivity contribution in [2.75, 3.05) is 0 Å². The van der Waals surface area contributed by atoms with Crippen LogP contribution in [0.1, 0.15) is 12.8 Å². The first kappa shape index (κ1) is 7.46. The van der Waals surface area contributed by atoms with Crippen molar-refractivity contribution in [2.24, 2.45) is 11.8 Å². The molecule has 5 nitrogen and oxygen atoms in total. The van der Waals surface area contributed by atoms with E-state index in [2.05, 4.69) is 0 Å². The molecule has 0 aliphatic carbocycles. The van der Waals surface area contributed by atoms with E-state index in [1.54, 1.807) is 0 Å². The highest BCUT2D eigenvalue weighted by Crippen LogP contribution is 2.47. The first-order valence-electron chi connectivity index (χ1n) is 4.42. The fourth-order valence-corrected chi connectivity index (χ4v) is 2.70. The SMILES string of the molecule is O=C1C2C3CCC(O3)C2C(=O)N1O. The first-order valence-corrected chi connectivity index (χ1v) is 4.42. The van der Waals surface area contributed by atoms with Crippen LogP contribution in [0.15, 0.2) is 0 Å². The topological polar surface area (TPSA) is 66.8 Å². The maximum atomic E-state index is 11.4. The maximum Gasteiger partial charge on any atom is 0.259 e. The van der Waals surface area contributed by atoms with Crippen molar-refractivity contribution in [3.8, 4) is 0 Å². The van der Waals surface area contributed by atoms with E-state index in [0.29, 0.717) is 0 Å². The van der Waals surface area contributed by atoms with E-state index < -0.39 is 23.7 Å². The molecule has 0 aromatic carbocycles. The van der Waals surface area contributed by atoms with E-state index in [0.717, 1.165) is 12.8 Å². The number of rotatable bonds is 0. The Morgan fingerprint density at radius 1 is 1.15 bits per heavy atom. The van der Waals surface area contributed by atoms with Crippen LogP contribution in [0.4, 0.5) is 0 Å². The van der Waals surface area contributed by atoms with Gasteiger partial charge in [-0.2, -0.15) is 5.06 Å². The highest BCUT2D eigenvalue weighted by molar-refractivity contribution is 6.04. The molecule has 4 atom stereocenters. The molecule has 70 valence electrons. The number of amides is 2. The molecular weight excluding hydrogens is 174 g/mol. The normalized spacial score (nSPS) is 47.6. The van der Waals surface area contributed by atoms with Crippen molar-refractivity contribution < 1.29 is 19.5 Å². The number of hydrogen-bond acceptors (Lipinski definition) is 4. The predicted octanol–water partition coefficient (Wildman–Crippen LogP) is -0.462. The Kier molecular flexibility index (Phi) is 1.21. The maximum absolute atomic E-state index is 11.4. The van der Waals surface area contributed by atoms with E-state index in [-0.39, 0.29) is 17.3 Å². The van der Waals surface area contributed by atoms with Crippen LogP contribution in [-0.4, -0.2) is 34.3 Å². The Labute approximate surface area is 74.2 Å². The lowest BCUT2D eigenvalue weighted by atomic mass is 9.81. The van der Waals surface area contributed by atoms with Gasteiger partial charge in [0, 0.05) is 0 Å². The number of carbonyl (C=O) groups is 2. The van der Waals surface area contributed by atoms with Crippen molar-refractivity contribution >= 4 is 11.8 Å². The molecule has 2 amide bonds. The quantitative estimate of drug-likeness (QED) is 0.407. The van der Waals surface area contributed by atoms with Crippen LogP contribution < -0.4 is 0 Å². The average Bonchev–Trinajstić information content (AvgIpc) is 2.76. The van der Waals surface area contributed by atoms with Crippen LogP contribution in [0.3, 0.4) is 0 Å². The molecule has 2 bridgehead atoms. The summed E-state index contributed by atoms with van der Waals surface area (Å²) in [6, 6.07) is 0. The molecule has 0 radical (unpaired) electrons. The molecule has 3 heterocycles. The summed E-state index contributed by atoms with van der Waals surface area (Å²) in [7, 11) is 0. The minimum Gasteiger partial charge on any atom is -0.373 e. The third-order valence-corrected chi connectivity index (χ3v) is 3.26. The Balaban J connectivity index is 2.03. The molecular formula is C8H9NO4. The van der Waals surface area contributed by atoms with E-state index >= 15 is 0 Å². The number of carbonyl (C=O) groups excluding carboxylic acids is 2. The van der Waals surface area contributed by atoms with Crippen molar-refractivity contribution in [3.05, 3.63) is 0 Å². The summed E-state index contributed by atoms with van der Waals surface area (Å²) < 4.78 is 5.45. The van der Waals surface area contributed by atoms with Gasteiger partial charge in [-0.25, -0.2) is 0 Å². The van der Waals surface area contributed by atoms with Gasteiger partial charge in [0.05, 0.1) is 24.0 Å². The van der Waals surface area contributed by atoms with Crippen LogP contribution in [0, 0.1) is 11.8 Å². The molecule has 3 aliphatic rings. The second-order valence-corrected chi connectivity index (χ2v) is 3.83. The zero-order valence-electron chi connectivity index (χ0n) is 6.84. The Morgan fingerprint density at radius 2 is 1.62 bits per heavy atom. The van der Waals surface area contributed by atoms with Gasteiger partial charge in [-0.3, -0.25) is 14.8 Å². The summed E-state index contributed by atoms with van der Waals surface area (Å²) in [6.45, 7) is 0. The molecule has 5 heteroatoms. The molecule has 4 unspecified atom stereocenters. The van der Waals surface area contributed by atoms with E-state index in [4.69, 9.17) is 9.94 Å². The van der Waals surface area contributed by atoms with E-state index in [1.807, 2.05) is 0 Å². The number of ether oxygens (including phenoxy) is 1. The fraction of sp³-hybridized carbons (Fsp3) is 0.750. The van der Waals surface area contributed by atoms with Crippen molar-refractivity contribution in [1.29, 1.82) is 0 Å². The fourth-order valence-electron chi connectivity index (χ4n) is 2.70. The van der Waals surface area contributed by atoms with Crippen molar-refractivity contribution in [3.63, 3.8) is 0 Å². The Morgan fingerprint density at radius 3 is 2.08 bits per heavy atom. The molecule has 3 rings (SSSR count). The number of hydrogen-bond donors (Lipinski definition) is 1. The van der Waals surface area contributed by atoms with Gasteiger partial charge in [-0.1, -0.05) is 0 Å². The van der Waals surface area contributed by atoms with E-state index in [9.17, 15) is 9.59 Å². The van der Waals surface area contributed by atoms with Crippen LogP contribution >= 0.6 is 0 Å². The third-order valence-electron chi connectivity index (χ3n) is 3.26. The van der Waals surface area contributed by atoms with Gasteiger partial charge in [0.25, 0.3) is 11.8 Å². The molecule has 3 aliphatic heterocycles. The minimum atomic E-state index is -0.484. The zero-order chi connectivity index (χ0) is 9.16. The molecule has 3 fully saturated rings. The second kappa shape index (κ2) is 2.10. The standard InChI is InChI=1S/C8H9NO4/c10-7-5-3-1-2-4(13-3)6(5)8(11)9(7)12/h3-6,12H,1-2H2. The Bertz CT molecular complexity index is 275. The molecule has 0 spiro atoms. The van der Waals surface area contributed by atoms with Gasteiger partial charge in [-0.05, 0) is 12.8 Å². The zero-order valence-corrected chi connectivity index (χ0v) is 6.84. The lowest BCUT2D eigenvalue weighted by Gasteiger charge is -2.14. The molecule has 3 saturated heterocycles. The summed E-state index contributed by atoms with van der Waals surface area (Å²) in [5.41, 5.74) is 0. The van der Waals surface area contributed by atoms with Gasteiger partial charge >= 0.3 is 0 Å². The number of nitrogens with zero attached hydrogens (tertiary/aromatic N) is 1. The molecule has 1 N–H and O–H groups in total. The van der Waals surface area contributed by atoms with Gasteiger partial charge in [0.2, 0.25) is 0 Å². The van der Waals surface area contributed by atoms with Gasteiger partial charge in [-0.15, -0.1) is 0 Å². The smallest absolute Gasteiger partial charge is 0.259 e. The summed E-state index contributed by atoms with van der Waals surface area (Å²) in [6.07, 6.45) is 1.39. The number of hydroxylamine groups is 2. The van der Waals surface area contributed by atoms with Gasteiger partial charge in [0.1, 0.15) is 0 Å². The molecule has 0 saturated carbocycles. The average molecular weight is 183 g/mol. The van der Waals surface area contributed by atoms with Gasteiger partial charge < -0.3 is 4.74 Å². The molecule has 0 aromatic heterocycles. The number of imide groups is 1. The number of fused-ring (bicyclic) bond motifs is 5. The lowest BCUT2D eigenvalue weighted by Crippen LogP contribution is -2.30. The monoisotopic (exact) mass is 183 g/mol. The molecule has 0 aromatic rings. The Hall–Kier alpha value is -0.940. The van der Waals surface area contributed by atoms with Crippen molar-refractivity contribution in [1.82, 2.24) is 5.06 Å². The molecule has 13 heavy (non-hydrogen) atoms.